The first-order valence-corrected chi connectivity index (χ1v) is 10.1. The van der Waals surface area contributed by atoms with Crippen molar-refractivity contribution in [2.75, 3.05) is 12.0 Å². The van der Waals surface area contributed by atoms with Gasteiger partial charge in [0.05, 0.1) is 12.8 Å². The molecule has 5 rings (SSSR count). The van der Waals surface area contributed by atoms with E-state index < -0.39 is 0 Å². The van der Waals surface area contributed by atoms with Crippen molar-refractivity contribution in [1.82, 2.24) is 4.98 Å². The Labute approximate surface area is 185 Å². The lowest BCUT2D eigenvalue weighted by molar-refractivity contribution is -0.113. The maximum atomic E-state index is 13.3. The van der Waals surface area contributed by atoms with Gasteiger partial charge in [-0.05, 0) is 48.0 Å². The standard InChI is InChI=1S/C26H19N3O3/c1-31-21-14-12-18(13-15-21)17-22-25(30)29(20-9-3-2-4-10-20)26(28-22)32-23-11-5-7-19-8-6-16-27-24(19)23/h2-17H,1H3/b22-17-. The average molecular weight is 421 g/mol. The van der Waals surface area contributed by atoms with Crippen LogP contribution in [0.15, 0.2) is 102 Å². The normalized spacial score (nSPS) is 14.7. The highest BCUT2D eigenvalue weighted by molar-refractivity contribution is 6.27. The molecule has 3 aromatic carbocycles. The fourth-order valence-corrected chi connectivity index (χ4v) is 3.48. The molecular weight excluding hydrogens is 402 g/mol. The molecule has 0 saturated carbocycles. The summed E-state index contributed by atoms with van der Waals surface area (Å²) in [7, 11) is 1.61. The number of fused-ring (bicyclic) bond motifs is 1. The van der Waals surface area contributed by atoms with Crippen molar-refractivity contribution in [1.29, 1.82) is 0 Å². The average Bonchev–Trinajstić information content (AvgIpc) is 3.14. The SMILES string of the molecule is COc1ccc(/C=C2\N=C(Oc3cccc4cccnc34)N(c3ccccc3)C2=O)cc1. The highest BCUT2D eigenvalue weighted by Gasteiger charge is 2.34. The van der Waals surface area contributed by atoms with Crippen LogP contribution >= 0.6 is 0 Å². The smallest absolute Gasteiger partial charge is 0.310 e. The van der Waals surface area contributed by atoms with Crippen LogP contribution in [0.4, 0.5) is 5.69 Å². The highest BCUT2D eigenvalue weighted by atomic mass is 16.5. The number of ether oxygens (including phenoxy) is 2. The summed E-state index contributed by atoms with van der Waals surface area (Å²) in [5.74, 6) is 1.00. The van der Waals surface area contributed by atoms with Crippen molar-refractivity contribution < 1.29 is 14.3 Å². The van der Waals surface area contributed by atoms with Crippen molar-refractivity contribution in [2.24, 2.45) is 4.99 Å². The molecule has 0 N–H and O–H groups in total. The number of methoxy groups -OCH3 is 1. The Hall–Kier alpha value is -4.45. The minimum atomic E-state index is -0.268. The second-order valence-electron chi connectivity index (χ2n) is 7.11. The van der Waals surface area contributed by atoms with Gasteiger partial charge in [0.15, 0.2) is 5.75 Å². The lowest BCUT2D eigenvalue weighted by Gasteiger charge is -2.18. The Kier molecular flexibility index (Phi) is 5.09. The topological polar surface area (TPSA) is 64.0 Å². The molecule has 0 atom stereocenters. The predicted octanol–water partition coefficient (Wildman–Crippen LogP) is 5.07. The van der Waals surface area contributed by atoms with Crippen LogP contribution < -0.4 is 14.4 Å². The molecular formula is C26H19N3O3. The van der Waals surface area contributed by atoms with E-state index >= 15 is 0 Å². The first-order chi connectivity index (χ1) is 15.7. The molecule has 1 amide bonds. The van der Waals surface area contributed by atoms with Crippen molar-refractivity contribution in [3.05, 3.63) is 102 Å². The number of carbonyl (C=O) groups excluding carboxylic acids is 1. The lowest BCUT2D eigenvalue weighted by Crippen LogP contribution is -2.35. The fourth-order valence-electron chi connectivity index (χ4n) is 3.48. The molecule has 1 aromatic heterocycles. The van der Waals surface area contributed by atoms with E-state index in [1.807, 2.05) is 84.9 Å². The van der Waals surface area contributed by atoms with Gasteiger partial charge in [-0.25, -0.2) is 4.90 Å². The molecule has 0 aliphatic carbocycles. The zero-order chi connectivity index (χ0) is 21.9. The monoisotopic (exact) mass is 421 g/mol. The van der Waals surface area contributed by atoms with E-state index in [4.69, 9.17) is 9.47 Å². The molecule has 1 aliphatic rings. The molecule has 0 saturated heterocycles. The molecule has 1 aliphatic heterocycles. The maximum Gasteiger partial charge on any atom is 0.310 e. The molecule has 32 heavy (non-hydrogen) atoms. The minimum Gasteiger partial charge on any atom is -0.497 e. The van der Waals surface area contributed by atoms with Gasteiger partial charge in [-0.3, -0.25) is 9.78 Å². The van der Waals surface area contributed by atoms with Crippen LogP contribution in [0.1, 0.15) is 5.56 Å². The summed E-state index contributed by atoms with van der Waals surface area (Å²) in [6.45, 7) is 0. The van der Waals surface area contributed by atoms with Crippen molar-refractivity contribution in [2.45, 2.75) is 0 Å². The van der Waals surface area contributed by atoms with E-state index in [0.717, 1.165) is 16.7 Å². The first kappa shape index (κ1) is 19.5. The number of nitrogens with zero attached hydrogens (tertiary/aromatic N) is 3. The summed E-state index contributed by atoms with van der Waals surface area (Å²) >= 11 is 0. The number of pyridine rings is 1. The summed E-state index contributed by atoms with van der Waals surface area (Å²) in [6, 6.07) is 26.4. The van der Waals surface area contributed by atoms with Gasteiger partial charge in [0.25, 0.3) is 5.91 Å². The Morgan fingerprint density at radius 3 is 2.44 bits per heavy atom. The van der Waals surface area contributed by atoms with Crippen molar-refractivity contribution in [3.63, 3.8) is 0 Å². The van der Waals surface area contributed by atoms with Gasteiger partial charge >= 0.3 is 6.02 Å². The largest absolute Gasteiger partial charge is 0.497 e. The number of rotatable bonds is 4. The molecule has 6 nitrogen and oxygen atoms in total. The van der Waals surface area contributed by atoms with E-state index in [-0.39, 0.29) is 17.6 Å². The molecule has 0 fully saturated rings. The molecule has 2 heterocycles. The van der Waals surface area contributed by atoms with E-state index in [0.29, 0.717) is 17.0 Å². The van der Waals surface area contributed by atoms with Crippen LogP contribution in [-0.4, -0.2) is 24.0 Å². The lowest BCUT2D eigenvalue weighted by atomic mass is 10.2. The third kappa shape index (κ3) is 3.70. The maximum absolute atomic E-state index is 13.3. The molecule has 156 valence electrons. The molecule has 0 unspecified atom stereocenters. The Bertz CT molecular complexity index is 1340. The van der Waals surface area contributed by atoms with Crippen LogP contribution in [0.25, 0.3) is 17.0 Å². The first-order valence-electron chi connectivity index (χ1n) is 10.1. The highest BCUT2D eigenvalue weighted by Crippen LogP contribution is 2.29. The van der Waals surface area contributed by atoms with Crippen LogP contribution in [0.2, 0.25) is 0 Å². The number of benzene rings is 3. The van der Waals surface area contributed by atoms with Gasteiger partial charge in [0.1, 0.15) is 17.0 Å². The second kappa shape index (κ2) is 8.35. The zero-order valence-electron chi connectivity index (χ0n) is 17.3. The van der Waals surface area contributed by atoms with E-state index in [1.54, 1.807) is 19.4 Å². The molecule has 0 spiro atoms. The van der Waals surface area contributed by atoms with Gasteiger partial charge in [-0.1, -0.05) is 48.5 Å². The Morgan fingerprint density at radius 2 is 1.66 bits per heavy atom. The summed E-state index contributed by atoms with van der Waals surface area (Å²) in [5.41, 5.74) is 2.48. The van der Waals surface area contributed by atoms with Crippen LogP contribution in [0.5, 0.6) is 11.5 Å². The van der Waals surface area contributed by atoms with E-state index in [2.05, 4.69) is 9.98 Å². The van der Waals surface area contributed by atoms with Crippen LogP contribution in [-0.2, 0) is 4.79 Å². The number of aliphatic imine (C=N–C) groups is 1. The van der Waals surface area contributed by atoms with Gasteiger partial charge in [0, 0.05) is 11.6 Å². The number of amides is 1. The molecule has 0 radical (unpaired) electrons. The summed E-state index contributed by atoms with van der Waals surface area (Å²) in [4.78, 5) is 23.8. The molecule has 6 heteroatoms. The Balaban J connectivity index is 1.56. The quantitative estimate of drug-likeness (QED) is 0.432. The van der Waals surface area contributed by atoms with Crippen LogP contribution in [0, 0.1) is 0 Å². The summed E-state index contributed by atoms with van der Waals surface area (Å²) in [6.07, 6.45) is 3.44. The van der Waals surface area contributed by atoms with Gasteiger partial charge in [-0.15, -0.1) is 0 Å². The van der Waals surface area contributed by atoms with Gasteiger partial charge in [0.2, 0.25) is 0 Å². The fraction of sp³-hybridized carbons (Fsp3) is 0.0385. The summed E-state index contributed by atoms with van der Waals surface area (Å²) in [5, 5.41) is 0.940. The molecule has 4 aromatic rings. The zero-order valence-corrected chi connectivity index (χ0v) is 17.3. The molecule has 0 bridgehead atoms. The number of aromatic nitrogens is 1. The number of amidine groups is 1. The predicted molar refractivity (Wildman–Crippen MR) is 125 cm³/mol. The second-order valence-corrected chi connectivity index (χ2v) is 7.11. The van der Waals surface area contributed by atoms with Gasteiger partial charge < -0.3 is 9.47 Å². The van der Waals surface area contributed by atoms with Gasteiger partial charge in [-0.2, -0.15) is 4.99 Å². The summed E-state index contributed by atoms with van der Waals surface area (Å²) < 4.78 is 11.4. The van der Waals surface area contributed by atoms with Crippen LogP contribution in [0.3, 0.4) is 0 Å². The third-order valence-corrected chi connectivity index (χ3v) is 5.06. The van der Waals surface area contributed by atoms with E-state index in [1.165, 1.54) is 4.90 Å². The number of anilines is 1. The van der Waals surface area contributed by atoms with Crippen molar-refractivity contribution >= 4 is 34.6 Å². The minimum absolute atomic E-state index is 0.180. The number of para-hydroxylation sites is 2. The number of hydrogen-bond donors (Lipinski definition) is 0. The number of hydrogen-bond acceptors (Lipinski definition) is 5. The number of carbonyl (C=O) groups is 1. The van der Waals surface area contributed by atoms with E-state index in [9.17, 15) is 4.79 Å². The third-order valence-electron chi connectivity index (χ3n) is 5.06. The van der Waals surface area contributed by atoms with Crippen molar-refractivity contribution in [3.8, 4) is 11.5 Å². The Morgan fingerprint density at radius 1 is 0.875 bits per heavy atom.